The zero-order valence-electron chi connectivity index (χ0n) is 69.3. The monoisotopic (exact) mass is 1660 g/mol. The van der Waals surface area contributed by atoms with E-state index in [-0.39, 0.29) is 46.5 Å². The lowest BCUT2D eigenvalue weighted by Gasteiger charge is -2.09. The summed E-state index contributed by atoms with van der Waals surface area (Å²) in [5.41, 5.74) is 23.6. The average molecular weight is 1660 g/mol. The number of fused-ring (bicyclic) bond motifs is 4. The maximum absolute atomic E-state index is 11.1. The van der Waals surface area contributed by atoms with E-state index in [0.29, 0.717) is 120 Å². The van der Waals surface area contributed by atoms with Gasteiger partial charge in [0.15, 0.2) is 22.6 Å². The SMILES string of the molecule is Cc1ccc(Cc2nc3c(Cc4ccccc4)nc(-c4cccc(O)c4)cn3c2O)cc1.Cc1ccc(Cc2nc3c(Cc4ccccc4)nc(-c4cccc(O)c4)cn3c2O)o1.Cc1cccc(Cc2nc3c(Cc4ccccc4)nc(-c4cccc(O)c4)cn3c2O)c1.Oc1cccc(-c2cn3c(O)c(Cc4ccccc4)nc3c(Cc3ccccc3)n2)c1. The molecule has 0 unspecified atom stereocenters. The van der Waals surface area contributed by atoms with E-state index in [1.807, 2.05) is 183 Å². The van der Waals surface area contributed by atoms with E-state index in [4.69, 9.17) is 44.3 Å². The normalized spacial score (nSPS) is 11.2. The molecule has 21 heteroatoms. The number of imidazole rings is 4. The summed E-state index contributed by atoms with van der Waals surface area (Å²) in [6.07, 6.45) is 11.4. The first-order valence-electron chi connectivity index (χ1n) is 41.3. The van der Waals surface area contributed by atoms with Crippen LogP contribution in [0.3, 0.4) is 0 Å². The van der Waals surface area contributed by atoms with Crippen molar-refractivity contribution in [1.82, 2.24) is 57.5 Å². The fourth-order valence-electron chi connectivity index (χ4n) is 15.3. The van der Waals surface area contributed by atoms with Gasteiger partial charge in [0.25, 0.3) is 0 Å². The van der Waals surface area contributed by atoms with Crippen LogP contribution in [-0.2, 0) is 51.4 Å². The van der Waals surface area contributed by atoms with Crippen molar-refractivity contribution in [3.8, 4) is 91.5 Å². The molecule has 20 aromatic rings. The van der Waals surface area contributed by atoms with Crippen LogP contribution >= 0.6 is 0 Å². The maximum Gasteiger partial charge on any atom is 0.219 e. The van der Waals surface area contributed by atoms with Gasteiger partial charge in [-0.2, -0.15) is 0 Å². The number of furan rings is 1. The number of nitrogens with zero attached hydrogens (tertiary/aromatic N) is 12. The fraction of sp³-hybridized carbons (Fsp3) is 0.105. The fourth-order valence-corrected chi connectivity index (χ4v) is 15.3. The second-order valence-electron chi connectivity index (χ2n) is 31.1. The van der Waals surface area contributed by atoms with Gasteiger partial charge < -0.3 is 45.3 Å². The van der Waals surface area contributed by atoms with E-state index in [0.717, 1.165) is 95.5 Å². The number of rotatable bonds is 20. The maximum atomic E-state index is 11.1. The zero-order valence-corrected chi connectivity index (χ0v) is 69.3. The van der Waals surface area contributed by atoms with Crippen LogP contribution in [0.25, 0.3) is 67.6 Å². The molecule has 0 atom stereocenters. The topological polar surface area (TPSA) is 296 Å². The Balaban J connectivity index is 0.000000119. The molecule has 0 spiro atoms. The van der Waals surface area contributed by atoms with Gasteiger partial charge in [0.05, 0.1) is 52.0 Å². The Morgan fingerprint density at radius 3 is 0.762 bits per heavy atom. The molecule has 11 aromatic carbocycles. The Labute approximate surface area is 726 Å². The number of hydrogen-bond acceptors (Lipinski definition) is 17. The minimum atomic E-state index is 0.0576. The highest BCUT2D eigenvalue weighted by Crippen LogP contribution is 2.36. The third kappa shape index (κ3) is 19.2. The summed E-state index contributed by atoms with van der Waals surface area (Å²) in [5.74, 6) is 2.61. The van der Waals surface area contributed by atoms with Crippen molar-refractivity contribution < 1.29 is 45.3 Å². The molecular formula is C105H88N12O9. The minimum absolute atomic E-state index is 0.0576. The molecule has 0 aliphatic rings. The summed E-state index contributed by atoms with van der Waals surface area (Å²) < 4.78 is 12.4. The molecule has 126 heavy (non-hydrogen) atoms. The third-order valence-electron chi connectivity index (χ3n) is 21.6. The van der Waals surface area contributed by atoms with E-state index in [2.05, 4.69) is 74.5 Å². The molecule has 622 valence electrons. The molecule has 0 aliphatic carbocycles. The molecule has 20 rings (SSSR count). The van der Waals surface area contributed by atoms with E-state index >= 15 is 0 Å². The van der Waals surface area contributed by atoms with Crippen molar-refractivity contribution in [3.63, 3.8) is 0 Å². The number of aromatic hydroxyl groups is 8. The Kier molecular flexibility index (Phi) is 24.0. The van der Waals surface area contributed by atoms with Crippen LogP contribution in [0.1, 0.15) is 107 Å². The molecule has 8 N–H and O–H groups in total. The van der Waals surface area contributed by atoms with Crippen LogP contribution in [0.5, 0.6) is 46.5 Å². The smallest absolute Gasteiger partial charge is 0.219 e. The van der Waals surface area contributed by atoms with Gasteiger partial charge in [0.2, 0.25) is 23.5 Å². The standard InChI is InChI=1S/2C27H23N3O2.C26H21N3O2.C25H21N3O3/c1-18-7-5-10-20(13-18)15-24-27(32)30-17-25(21-11-6-12-22(31)16-21)28-23(26(30)29-24)14-19-8-3-2-4-9-19;1-18-10-12-20(13-11-18)15-24-27(32)30-17-25(21-8-5-9-22(31)16-21)28-23(26(30)29-24)14-19-6-3-2-4-7-19;30-21-13-7-12-20(16-21)24-17-29-25(22(27-24)14-18-8-3-1-4-9-18)28-23(26(29)31)15-19-10-5-2-6-11-19;1-16-10-11-20(31-16)14-22-25(30)28-15-23(18-8-5-9-19(29)13-18)26-21(24(28)27-22)12-17-6-3-2-4-7-17/h2*2-13,16-17,31-32H,14-15H2,1H3;1-13,16-17,30-31H,14-15H2;2-11,13,15,29-30H,12,14H2,1H3. The first kappa shape index (κ1) is 81.9. The average Bonchev–Trinajstić information content (AvgIpc) is 1.56. The summed E-state index contributed by atoms with van der Waals surface area (Å²) in [7, 11) is 0. The number of benzene rings is 11. The summed E-state index contributed by atoms with van der Waals surface area (Å²) in [5, 5.41) is 83.8. The van der Waals surface area contributed by atoms with Gasteiger partial charge in [-0.15, -0.1) is 0 Å². The van der Waals surface area contributed by atoms with Crippen molar-refractivity contribution in [2.24, 2.45) is 0 Å². The molecule has 0 saturated carbocycles. The zero-order chi connectivity index (χ0) is 86.7. The highest BCUT2D eigenvalue weighted by atomic mass is 16.3. The lowest BCUT2D eigenvalue weighted by Crippen LogP contribution is -2.00. The molecule has 0 fully saturated rings. The highest BCUT2D eigenvalue weighted by Gasteiger charge is 2.25. The largest absolute Gasteiger partial charge is 0.508 e. The van der Waals surface area contributed by atoms with Crippen molar-refractivity contribution in [2.45, 2.75) is 72.1 Å². The second kappa shape index (κ2) is 36.9. The quantitative estimate of drug-likeness (QED) is 0.0352. The Hall–Kier alpha value is -16.4. The minimum Gasteiger partial charge on any atom is -0.508 e. The van der Waals surface area contributed by atoms with Crippen LogP contribution in [0.2, 0.25) is 0 Å². The molecule has 21 nitrogen and oxygen atoms in total. The second-order valence-corrected chi connectivity index (χ2v) is 31.1. The van der Waals surface area contributed by atoms with Crippen molar-refractivity contribution in [1.29, 1.82) is 0 Å². The molecule has 0 radical (unpaired) electrons. The summed E-state index contributed by atoms with van der Waals surface area (Å²) in [6.45, 7) is 5.99. The van der Waals surface area contributed by atoms with Crippen molar-refractivity contribution in [3.05, 3.63) is 441 Å². The lowest BCUT2D eigenvalue weighted by atomic mass is 10.1. The number of aromatic nitrogens is 12. The number of aryl methyl sites for hydroxylation is 3. The lowest BCUT2D eigenvalue weighted by molar-refractivity contribution is 0.436. The molecule has 0 aliphatic heterocycles. The molecular weight excluding hydrogens is 1570 g/mol. The van der Waals surface area contributed by atoms with Crippen LogP contribution in [0.15, 0.2) is 339 Å². The molecule has 0 bridgehead atoms. The van der Waals surface area contributed by atoms with Gasteiger partial charge in [-0.3, -0.25) is 17.6 Å². The van der Waals surface area contributed by atoms with Crippen molar-refractivity contribution in [2.75, 3.05) is 0 Å². The predicted octanol–water partition coefficient (Wildman–Crippen LogP) is 20.5. The number of phenolic OH excluding ortho intramolecular Hbond substituents is 4. The first-order chi connectivity index (χ1) is 61.4. The van der Waals surface area contributed by atoms with Gasteiger partial charge in [0.1, 0.15) is 57.3 Å². The molecule has 0 amide bonds. The predicted molar refractivity (Wildman–Crippen MR) is 487 cm³/mol. The van der Waals surface area contributed by atoms with Crippen LogP contribution < -0.4 is 0 Å². The van der Waals surface area contributed by atoms with Gasteiger partial charge in [-0.05, 0) is 120 Å². The van der Waals surface area contributed by atoms with Gasteiger partial charge >= 0.3 is 0 Å². The highest BCUT2D eigenvalue weighted by molar-refractivity contribution is 5.69. The summed E-state index contributed by atoms with van der Waals surface area (Å²) in [6, 6.07) is 98.2. The Morgan fingerprint density at radius 1 is 0.222 bits per heavy atom. The molecule has 9 aromatic heterocycles. The van der Waals surface area contributed by atoms with Gasteiger partial charge in [0, 0.05) is 92.0 Å². The van der Waals surface area contributed by atoms with Crippen molar-refractivity contribution >= 4 is 22.6 Å². The Bertz CT molecular complexity index is 7240. The first-order valence-corrected chi connectivity index (χ1v) is 41.3. The third-order valence-corrected chi connectivity index (χ3v) is 21.6. The Morgan fingerprint density at radius 2 is 0.484 bits per heavy atom. The number of hydrogen-bond donors (Lipinski definition) is 8. The van der Waals surface area contributed by atoms with Gasteiger partial charge in [-0.25, -0.2) is 39.9 Å². The van der Waals surface area contributed by atoms with Crippen LogP contribution in [0.4, 0.5) is 0 Å². The van der Waals surface area contributed by atoms with E-state index < -0.39 is 0 Å². The van der Waals surface area contributed by atoms with E-state index in [1.54, 1.807) is 115 Å². The van der Waals surface area contributed by atoms with E-state index in [9.17, 15) is 40.9 Å². The van der Waals surface area contributed by atoms with Gasteiger partial charge in [-0.1, -0.05) is 260 Å². The number of phenols is 4. The molecule has 0 saturated heterocycles. The van der Waals surface area contributed by atoms with E-state index in [1.165, 1.54) is 11.1 Å². The summed E-state index contributed by atoms with van der Waals surface area (Å²) >= 11 is 0. The molecule has 9 heterocycles. The summed E-state index contributed by atoms with van der Waals surface area (Å²) in [4.78, 5) is 38.5. The van der Waals surface area contributed by atoms with Crippen LogP contribution in [0, 0.1) is 20.8 Å². The van der Waals surface area contributed by atoms with Crippen LogP contribution in [-0.4, -0.2) is 98.3 Å².